The van der Waals surface area contributed by atoms with E-state index in [1.54, 1.807) is 13.3 Å². The Bertz CT molecular complexity index is 1920. The summed E-state index contributed by atoms with van der Waals surface area (Å²) in [5.41, 5.74) is 9.41. The topological polar surface area (TPSA) is 146 Å². The summed E-state index contributed by atoms with van der Waals surface area (Å²) in [5.74, 6) is -0.821. The fourth-order valence-electron chi connectivity index (χ4n) is 6.97. The molecule has 5 heterocycles. The third-order valence-corrected chi connectivity index (χ3v) is 10.5. The van der Waals surface area contributed by atoms with Crippen LogP contribution in [-0.4, -0.2) is 90.2 Å². The lowest BCUT2D eigenvalue weighted by Crippen LogP contribution is -2.60. The molecule has 6 rings (SSSR count). The van der Waals surface area contributed by atoms with Gasteiger partial charge in [-0.1, -0.05) is 19.9 Å². The number of methoxy groups -OCH3 is 2. The normalized spacial score (nSPS) is 19.9. The Labute approximate surface area is 308 Å². The first-order chi connectivity index (χ1) is 25.0. The highest BCUT2D eigenvalue weighted by atomic mass is 32.1. The second-order valence-electron chi connectivity index (χ2n) is 14.0. The monoisotopic (exact) mass is 732 g/mol. The predicted octanol–water partition coefficient (Wildman–Crippen LogP) is 5.46. The van der Waals surface area contributed by atoms with Gasteiger partial charge in [0, 0.05) is 72.8 Å². The molecule has 14 heteroatoms. The van der Waals surface area contributed by atoms with Crippen molar-refractivity contribution in [3.8, 4) is 22.5 Å². The van der Waals surface area contributed by atoms with Crippen LogP contribution < -0.4 is 10.7 Å². The Balaban J connectivity index is 1.47. The average molecular weight is 733 g/mol. The van der Waals surface area contributed by atoms with Crippen LogP contribution >= 0.6 is 11.3 Å². The van der Waals surface area contributed by atoms with Crippen LogP contribution in [0.25, 0.3) is 33.4 Å². The number of ether oxygens (including phenoxy) is 4. The Morgan fingerprint density at radius 1 is 1.21 bits per heavy atom. The van der Waals surface area contributed by atoms with Crippen LogP contribution in [0, 0.1) is 5.41 Å². The van der Waals surface area contributed by atoms with Crippen LogP contribution in [0.5, 0.6) is 0 Å². The predicted molar refractivity (Wildman–Crippen MR) is 198 cm³/mol. The Morgan fingerprint density at radius 2 is 2.04 bits per heavy atom. The van der Waals surface area contributed by atoms with Gasteiger partial charge in [-0.3, -0.25) is 19.6 Å². The van der Waals surface area contributed by atoms with Crippen LogP contribution in [0.15, 0.2) is 41.9 Å². The van der Waals surface area contributed by atoms with Gasteiger partial charge in [0.15, 0.2) is 0 Å². The number of cyclic esters (lactones) is 1. The molecule has 0 spiro atoms. The number of rotatable bonds is 8. The fraction of sp³-hybridized carbons (Fsp3) is 0.500. The van der Waals surface area contributed by atoms with Crippen molar-refractivity contribution in [3.05, 3.63) is 58.2 Å². The van der Waals surface area contributed by atoms with E-state index in [0.717, 1.165) is 51.2 Å². The molecule has 0 radical (unpaired) electrons. The van der Waals surface area contributed by atoms with E-state index in [4.69, 9.17) is 28.9 Å². The maximum absolute atomic E-state index is 13.9. The van der Waals surface area contributed by atoms with Gasteiger partial charge in [-0.15, -0.1) is 11.3 Å². The molecule has 6 bridgehead atoms. The number of hydrogen-bond donors (Lipinski definition) is 2. The minimum atomic E-state index is -0.993. The van der Waals surface area contributed by atoms with Crippen molar-refractivity contribution in [2.45, 2.75) is 78.1 Å². The van der Waals surface area contributed by atoms with Gasteiger partial charge in [-0.2, -0.15) is 0 Å². The number of esters is 1. The third kappa shape index (κ3) is 7.99. The Kier molecular flexibility index (Phi) is 11.6. The minimum absolute atomic E-state index is 0.0380. The number of thiazole rings is 1. The number of nitrogens with zero attached hydrogens (tertiary/aromatic N) is 4. The number of carbonyl (C=O) groups is 3. The number of carbonyl (C=O) groups excluding carboxylic acids is 3. The first kappa shape index (κ1) is 37.4. The van der Waals surface area contributed by atoms with Gasteiger partial charge in [-0.25, -0.2) is 15.2 Å². The molecule has 1 saturated heterocycles. The molecule has 1 fully saturated rings. The van der Waals surface area contributed by atoms with Crippen molar-refractivity contribution < 1.29 is 33.3 Å². The van der Waals surface area contributed by atoms with Gasteiger partial charge in [0.2, 0.25) is 0 Å². The molecule has 278 valence electrons. The number of amides is 2. The molecule has 1 aromatic carbocycles. The number of aryl methyl sites for hydroxylation is 1. The summed E-state index contributed by atoms with van der Waals surface area (Å²) in [6, 6.07) is 8.71. The van der Waals surface area contributed by atoms with Crippen molar-refractivity contribution in [2.75, 3.05) is 40.6 Å². The van der Waals surface area contributed by atoms with Gasteiger partial charge in [0.25, 0.3) is 5.91 Å². The Hall–Kier alpha value is -4.37. The lowest BCUT2D eigenvalue weighted by molar-refractivity contribution is -0.155. The lowest BCUT2D eigenvalue weighted by atomic mass is 9.84. The van der Waals surface area contributed by atoms with E-state index in [0.29, 0.717) is 30.8 Å². The van der Waals surface area contributed by atoms with Crippen molar-refractivity contribution >= 4 is 40.2 Å². The van der Waals surface area contributed by atoms with Crippen LogP contribution in [0.3, 0.4) is 0 Å². The zero-order chi connectivity index (χ0) is 37.0. The van der Waals surface area contributed by atoms with Crippen LogP contribution in [0.2, 0.25) is 0 Å². The maximum atomic E-state index is 13.9. The van der Waals surface area contributed by atoms with Gasteiger partial charge in [-0.05, 0) is 62.9 Å². The summed E-state index contributed by atoms with van der Waals surface area (Å²) in [6.07, 6.45) is 2.66. The molecule has 13 nitrogen and oxygen atoms in total. The van der Waals surface area contributed by atoms with Crippen molar-refractivity contribution in [3.63, 3.8) is 0 Å². The van der Waals surface area contributed by atoms with Crippen molar-refractivity contribution in [1.82, 2.24) is 30.3 Å². The van der Waals surface area contributed by atoms with Crippen LogP contribution in [0.4, 0.5) is 4.79 Å². The number of fused-ring (bicyclic) bond motifs is 6. The summed E-state index contributed by atoms with van der Waals surface area (Å²) < 4.78 is 24.3. The molecule has 4 aromatic rings. The van der Waals surface area contributed by atoms with E-state index in [2.05, 4.69) is 60.3 Å². The molecule has 2 aliphatic rings. The van der Waals surface area contributed by atoms with E-state index < -0.39 is 35.5 Å². The van der Waals surface area contributed by atoms with Gasteiger partial charge >= 0.3 is 12.1 Å². The number of aromatic nitrogens is 3. The van der Waals surface area contributed by atoms with Crippen molar-refractivity contribution in [2.24, 2.45) is 5.41 Å². The number of hydrazine groups is 1. The molecular formula is C38H48N6O7S. The summed E-state index contributed by atoms with van der Waals surface area (Å²) in [6.45, 7) is 9.85. The SMILES string of the molecule is CCn1c(-c2cccnc2[C@H](C)OC)c2c3cc(ccc31)-c1csc(n1)C[C@H](NC(=O)OCCOC)C(=O)N1CCC[C@H](N1)C(=O)OCC(C)(C)C2. The number of benzene rings is 1. The number of nitrogens with one attached hydrogen (secondary N) is 2. The molecule has 2 amide bonds. The molecule has 0 aliphatic carbocycles. The number of alkyl carbamates (subject to hydrolysis) is 1. The number of pyridine rings is 1. The first-order valence-electron chi connectivity index (χ1n) is 17.8. The number of hydrogen-bond acceptors (Lipinski definition) is 11. The second-order valence-corrected chi connectivity index (χ2v) is 15.0. The average Bonchev–Trinajstić information content (AvgIpc) is 3.74. The molecular weight excluding hydrogens is 685 g/mol. The highest BCUT2D eigenvalue weighted by Gasteiger charge is 2.36. The summed E-state index contributed by atoms with van der Waals surface area (Å²) in [4.78, 5) is 50.0. The molecule has 0 unspecified atom stereocenters. The molecule has 2 N–H and O–H groups in total. The highest BCUT2D eigenvalue weighted by Crippen LogP contribution is 2.42. The molecule has 0 saturated carbocycles. The Morgan fingerprint density at radius 3 is 2.81 bits per heavy atom. The summed E-state index contributed by atoms with van der Waals surface area (Å²) >= 11 is 1.42. The summed E-state index contributed by atoms with van der Waals surface area (Å²) in [5, 5.41) is 7.85. The second kappa shape index (κ2) is 16.1. The van der Waals surface area contributed by atoms with E-state index >= 15 is 0 Å². The third-order valence-electron chi connectivity index (χ3n) is 9.65. The summed E-state index contributed by atoms with van der Waals surface area (Å²) in [7, 11) is 3.20. The zero-order valence-electron chi connectivity index (χ0n) is 30.7. The van der Waals surface area contributed by atoms with E-state index in [9.17, 15) is 14.4 Å². The maximum Gasteiger partial charge on any atom is 0.407 e. The van der Waals surface area contributed by atoms with E-state index in [-0.39, 0.29) is 32.3 Å². The van der Waals surface area contributed by atoms with Crippen molar-refractivity contribution in [1.29, 1.82) is 0 Å². The van der Waals surface area contributed by atoms with Crippen LogP contribution in [0.1, 0.15) is 62.9 Å². The first-order valence-corrected chi connectivity index (χ1v) is 18.7. The fourth-order valence-corrected chi connectivity index (χ4v) is 7.82. The molecule has 2 aliphatic heterocycles. The quantitative estimate of drug-likeness (QED) is 0.177. The lowest BCUT2D eigenvalue weighted by Gasteiger charge is -2.35. The largest absolute Gasteiger partial charge is 0.464 e. The standard InChI is InChI=1S/C38H48N6O7S/c1-7-43-31-13-12-24-18-26(31)27(34(43)25-10-8-14-39-33(25)23(2)49-6)20-38(3,4)22-51-36(46)28-11-9-15-44(42-28)35(45)29(19-32-40-30(24)21-52-32)41-37(47)50-17-16-48-5/h8,10,12-14,18,21,23,28-29,42H,7,9,11,15-17,19-20,22H2,1-6H3,(H,41,47)/t23-,28-,29-/m0/s1. The van der Waals surface area contributed by atoms with E-state index in [1.165, 1.54) is 23.5 Å². The van der Waals surface area contributed by atoms with Gasteiger partial charge < -0.3 is 28.8 Å². The molecule has 52 heavy (non-hydrogen) atoms. The highest BCUT2D eigenvalue weighted by molar-refractivity contribution is 7.10. The molecule has 3 atom stereocenters. The minimum Gasteiger partial charge on any atom is -0.464 e. The van der Waals surface area contributed by atoms with Gasteiger partial charge in [0.05, 0.1) is 41.4 Å². The zero-order valence-corrected chi connectivity index (χ0v) is 31.5. The smallest absolute Gasteiger partial charge is 0.407 e. The van der Waals surface area contributed by atoms with Gasteiger partial charge in [0.1, 0.15) is 18.7 Å². The van der Waals surface area contributed by atoms with Crippen LogP contribution in [-0.2, 0) is 47.9 Å². The van der Waals surface area contributed by atoms with E-state index in [1.807, 2.05) is 18.4 Å². The molecule has 3 aromatic heterocycles.